The zero-order chi connectivity index (χ0) is 6.41. The molecule has 0 spiro atoms. The van der Waals surface area contributed by atoms with Crippen LogP contribution in [0.25, 0.3) is 0 Å². The van der Waals surface area contributed by atoms with Gasteiger partial charge in [-0.05, 0) is 20.7 Å². The molecule has 0 amide bonds. The van der Waals surface area contributed by atoms with Gasteiger partial charge in [0.15, 0.2) is 0 Å². The molecule has 1 N–H and O–H groups in total. The molecule has 0 saturated carbocycles. The Morgan fingerprint density at radius 1 is 1.62 bits per heavy atom. The lowest BCUT2D eigenvalue weighted by molar-refractivity contribution is 0.548. The van der Waals surface area contributed by atoms with E-state index in [0.717, 1.165) is 20.5 Å². The van der Waals surface area contributed by atoms with Crippen molar-refractivity contribution in [1.82, 2.24) is 0 Å². The predicted octanol–water partition coefficient (Wildman–Crippen LogP) is 3.13. The van der Waals surface area contributed by atoms with E-state index in [1.807, 2.05) is 0 Å². The van der Waals surface area contributed by atoms with E-state index in [-0.39, 0.29) is 0 Å². The largest absolute Gasteiger partial charge is 0.284 e. The molecular weight excluding hydrogens is 117 g/mol. The van der Waals surface area contributed by atoms with E-state index in [4.69, 9.17) is 5.16 Å². The maximum atomic E-state index is 6.84. The molecule has 0 aliphatic carbocycles. The third-order valence-electron chi connectivity index (χ3n) is 1.43. The van der Waals surface area contributed by atoms with Gasteiger partial charge in [-0.15, -0.1) is 0 Å². The molecule has 0 aliphatic heterocycles. The first-order valence-corrected chi connectivity index (χ1v) is 4.22. The summed E-state index contributed by atoms with van der Waals surface area (Å²) in [5.74, 6) is 0.827. The van der Waals surface area contributed by atoms with Crippen molar-refractivity contribution < 1.29 is 0 Å². The first kappa shape index (κ1) is 8.10. The minimum atomic E-state index is 0.799. The van der Waals surface area contributed by atoms with E-state index in [0.29, 0.717) is 0 Å². The molecule has 0 aliphatic rings. The standard InChI is InChI=1S/C6H14NP/c1-3-6(2)4-5-8-7/h6-7H,3-5H2,1-2H3. The van der Waals surface area contributed by atoms with Crippen LogP contribution in [-0.2, 0) is 0 Å². The minimum absolute atomic E-state index is 0.799. The SMILES string of the molecule is CCC(C)CCP=N. The van der Waals surface area contributed by atoms with Crippen molar-refractivity contribution in [3.8, 4) is 0 Å². The lowest BCUT2D eigenvalue weighted by atomic mass is 10.1. The molecule has 0 aromatic rings. The van der Waals surface area contributed by atoms with Crippen molar-refractivity contribution in [1.29, 1.82) is 5.16 Å². The average Bonchev–Trinajstić information content (AvgIpc) is 1.83. The molecule has 0 aromatic heterocycles. The van der Waals surface area contributed by atoms with Crippen LogP contribution in [0.1, 0.15) is 26.7 Å². The molecule has 1 nitrogen and oxygen atoms in total. The predicted molar refractivity (Wildman–Crippen MR) is 38.6 cm³/mol. The molecule has 8 heavy (non-hydrogen) atoms. The molecule has 2 heteroatoms. The maximum absolute atomic E-state index is 6.84. The second kappa shape index (κ2) is 5.24. The van der Waals surface area contributed by atoms with Crippen LogP contribution in [0.5, 0.6) is 0 Å². The number of hydrogen-bond donors (Lipinski definition) is 1. The summed E-state index contributed by atoms with van der Waals surface area (Å²) in [5, 5.41) is 6.84. The Kier molecular flexibility index (Phi) is 5.31. The van der Waals surface area contributed by atoms with Crippen LogP contribution in [0.4, 0.5) is 0 Å². The van der Waals surface area contributed by atoms with Gasteiger partial charge in [0, 0.05) is 6.16 Å². The van der Waals surface area contributed by atoms with Crippen molar-refractivity contribution >= 4 is 8.37 Å². The third kappa shape index (κ3) is 4.26. The van der Waals surface area contributed by atoms with Gasteiger partial charge in [-0.25, -0.2) is 0 Å². The molecule has 0 saturated heterocycles. The number of hydrogen-bond acceptors (Lipinski definition) is 1. The van der Waals surface area contributed by atoms with Gasteiger partial charge < -0.3 is 0 Å². The van der Waals surface area contributed by atoms with Crippen molar-refractivity contribution in [2.45, 2.75) is 26.7 Å². The van der Waals surface area contributed by atoms with E-state index in [1.54, 1.807) is 0 Å². The molecule has 0 rings (SSSR count). The van der Waals surface area contributed by atoms with Gasteiger partial charge >= 0.3 is 0 Å². The topological polar surface area (TPSA) is 23.9 Å². The van der Waals surface area contributed by atoms with Crippen LogP contribution in [0.15, 0.2) is 0 Å². The maximum Gasteiger partial charge on any atom is 0.00686 e. The summed E-state index contributed by atoms with van der Waals surface area (Å²) in [6, 6.07) is 0. The minimum Gasteiger partial charge on any atom is -0.284 e. The van der Waals surface area contributed by atoms with Crippen LogP contribution < -0.4 is 0 Å². The fourth-order valence-electron chi connectivity index (χ4n) is 0.489. The van der Waals surface area contributed by atoms with Crippen LogP contribution in [0.3, 0.4) is 0 Å². The van der Waals surface area contributed by atoms with Crippen molar-refractivity contribution in [2.24, 2.45) is 5.92 Å². The van der Waals surface area contributed by atoms with Gasteiger partial charge in [0.2, 0.25) is 0 Å². The summed E-state index contributed by atoms with van der Waals surface area (Å²) in [5.41, 5.74) is 0. The van der Waals surface area contributed by atoms with E-state index in [9.17, 15) is 0 Å². The van der Waals surface area contributed by atoms with Crippen LogP contribution in [-0.4, -0.2) is 6.16 Å². The second-order valence-electron chi connectivity index (χ2n) is 2.18. The molecule has 48 valence electrons. The fourth-order valence-corrected chi connectivity index (χ4v) is 1.06. The summed E-state index contributed by atoms with van der Waals surface area (Å²) < 4.78 is 0. The Bertz CT molecular complexity index is 63.5. The van der Waals surface area contributed by atoms with E-state index in [2.05, 4.69) is 13.8 Å². The highest BCUT2D eigenvalue weighted by atomic mass is 31.1. The molecule has 0 heterocycles. The van der Waals surface area contributed by atoms with Gasteiger partial charge in [-0.2, -0.15) is 0 Å². The van der Waals surface area contributed by atoms with Crippen LogP contribution in [0, 0.1) is 11.1 Å². The first-order valence-electron chi connectivity index (χ1n) is 3.14. The Hall–Kier alpha value is 0.100. The quantitative estimate of drug-likeness (QED) is 0.567. The molecule has 0 radical (unpaired) electrons. The normalized spacial score (nSPS) is 14.2. The van der Waals surface area contributed by atoms with Crippen molar-refractivity contribution in [3.63, 3.8) is 0 Å². The van der Waals surface area contributed by atoms with Gasteiger partial charge in [0.1, 0.15) is 0 Å². The average molecular weight is 131 g/mol. The second-order valence-corrected chi connectivity index (χ2v) is 2.95. The van der Waals surface area contributed by atoms with Gasteiger partial charge in [0.25, 0.3) is 0 Å². The summed E-state index contributed by atoms with van der Waals surface area (Å²) in [6.07, 6.45) is 3.53. The molecule has 0 fully saturated rings. The Labute approximate surface area is 53.2 Å². The summed E-state index contributed by atoms with van der Waals surface area (Å²) in [6.45, 7) is 4.44. The first-order chi connectivity index (χ1) is 3.81. The number of nitrogens with one attached hydrogen (secondary N) is 1. The zero-order valence-corrected chi connectivity index (χ0v) is 6.54. The summed E-state index contributed by atoms with van der Waals surface area (Å²) >= 11 is 0. The van der Waals surface area contributed by atoms with Crippen molar-refractivity contribution in [3.05, 3.63) is 0 Å². The Balaban J connectivity index is 2.97. The van der Waals surface area contributed by atoms with Gasteiger partial charge in [-0.1, -0.05) is 20.3 Å². The van der Waals surface area contributed by atoms with Gasteiger partial charge in [0.05, 0.1) is 0 Å². The molecule has 1 unspecified atom stereocenters. The highest BCUT2D eigenvalue weighted by Gasteiger charge is 1.94. The third-order valence-corrected chi connectivity index (χ3v) is 1.91. The zero-order valence-electron chi connectivity index (χ0n) is 5.65. The van der Waals surface area contributed by atoms with Crippen molar-refractivity contribution in [2.75, 3.05) is 6.16 Å². The monoisotopic (exact) mass is 131 g/mol. The Morgan fingerprint density at radius 3 is 2.62 bits per heavy atom. The summed E-state index contributed by atoms with van der Waals surface area (Å²) in [7, 11) is 0.799. The van der Waals surface area contributed by atoms with Gasteiger partial charge in [-0.3, -0.25) is 5.16 Å². The smallest absolute Gasteiger partial charge is 0.00686 e. The van der Waals surface area contributed by atoms with Crippen LogP contribution >= 0.6 is 8.37 Å². The summed E-state index contributed by atoms with van der Waals surface area (Å²) in [4.78, 5) is 0. The molecule has 0 aromatic carbocycles. The lowest BCUT2D eigenvalue weighted by Gasteiger charge is -2.02. The van der Waals surface area contributed by atoms with E-state index < -0.39 is 0 Å². The fraction of sp³-hybridized carbons (Fsp3) is 1.00. The number of rotatable bonds is 4. The lowest BCUT2D eigenvalue weighted by Crippen LogP contribution is -1.91. The van der Waals surface area contributed by atoms with Crippen LogP contribution in [0.2, 0.25) is 0 Å². The van der Waals surface area contributed by atoms with E-state index in [1.165, 1.54) is 12.8 Å². The molecule has 0 bridgehead atoms. The molecular formula is C6H14NP. The Morgan fingerprint density at radius 2 is 2.25 bits per heavy atom. The van der Waals surface area contributed by atoms with E-state index >= 15 is 0 Å². The highest BCUT2D eigenvalue weighted by molar-refractivity contribution is 7.25. The highest BCUT2D eigenvalue weighted by Crippen LogP contribution is 2.09. The molecule has 1 atom stereocenters.